The van der Waals surface area contributed by atoms with Crippen LogP contribution < -0.4 is 10.5 Å². The van der Waals surface area contributed by atoms with Crippen molar-refractivity contribution < 1.29 is 8.42 Å². The normalized spacial score (nSPS) is 13.7. The average Bonchev–Trinajstić information content (AvgIpc) is 2.86. The van der Waals surface area contributed by atoms with Crippen LogP contribution in [0.15, 0.2) is 11.1 Å². The molecule has 0 aliphatic heterocycles. The van der Waals surface area contributed by atoms with Gasteiger partial charge in [-0.2, -0.15) is 10.3 Å². The first-order valence-electron chi connectivity index (χ1n) is 4.95. The Morgan fingerprint density at radius 3 is 2.78 bits per heavy atom. The van der Waals surface area contributed by atoms with Crippen molar-refractivity contribution >= 4 is 15.8 Å². The molecule has 0 bridgehead atoms. The maximum absolute atomic E-state index is 12.0. The number of rotatable bonds is 4. The summed E-state index contributed by atoms with van der Waals surface area (Å²) in [6.07, 6.45) is 1.32. The van der Waals surface area contributed by atoms with Gasteiger partial charge in [-0.25, -0.2) is 13.1 Å². The van der Waals surface area contributed by atoms with Gasteiger partial charge in [0.25, 0.3) is 0 Å². The van der Waals surface area contributed by atoms with Crippen LogP contribution in [0, 0.1) is 0 Å². The van der Waals surface area contributed by atoms with Gasteiger partial charge in [-0.15, -0.1) is 10.2 Å². The fourth-order valence-electron chi connectivity index (χ4n) is 1.39. The van der Waals surface area contributed by atoms with Gasteiger partial charge >= 0.3 is 0 Å². The van der Waals surface area contributed by atoms with Crippen molar-refractivity contribution in [3.05, 3.63) is 12.0 Å². The molecule has 0 spiro atoms. The van der Waals surface area contributed by atoms with Crippen molar-refractivity contribution in [3.63, 3.8) is 0 Å². The number of sulfonamides is 1. The molecule has 2 heterocycles. The molecule has 18 heavy (non-hydrogen) atoms. The Morgan fingerprint density at radius 1 is 1.56 bits per heavy atom. The molecule has 10 nitrogen and oxygen atoms in total. The van der Waals surface area contributed by atoms with Crippen LogP contribution in [0.4, 0.5) is 5.82 Å². The Labute approximate surface area is 103 Å². The van der Waals surface area contributed by atoms with E-state index in [1.165, 1.54) is 10.9 Å². The lowest BCUT2D eigenvalue weighted by Gasteiger charge is -2.09. The lowest BCUT2D eigenvalue weighted by molar-refractivity contribution is 0.560. The Kier molecular flexibility index (Phi) is 3.00. The molecule has 0 aromatic carbocycles. The van der Waals surface area contributed by atoms with Crippen LogP contribution >= 0.6 is 0 Å². The molecule has 0 amide bonds. The third-order valence-electron chi connectivity index (χ3n) is 2.19. The number of nitrogens with zero attached hydrogens (tertiary/aromatic N) is 5. The molecule has 0 aliphatic carbocycles. The Morgan fingerprint density at radius 2 is 2.28 bits per heavy atom. The molecule has 2 aromatic rings. The topological polar surface area (TPSA) is 144 Å². The van der Waals surface area contributed by atoms with E-state index >= 15 is 0 Å². The highest BCUT2D eigenvalue weighted by Gasteiger charge is 2.24. The first-order valence-corrected chi connectivity index (χ1v) is 6.43. The van der Waals surface area contributed by atoms with E-state index in [4.69, 9.17) is 5.73 Å². The lowest BCUT2D eigenvalue weighted by Crippen LogP contribution is -2.28. The first kappa shape index (κ1) is 12.4. The molecule has 0 fully saturated rings. The summed E-state index contributed by atoms with van der Waals surface area (Å²) in [6, 6.07) is -0.631. The second-order valence-electron chi connectivity index (χ2n) is 3.67. The minimum absolute atomic E-state index is 0.0645. The van der Waals surface area contributed by atoms with Gasteiger partial charge in [0.2, 0.25) is 10.0 Å². The van der Waals surface area contributed by atoms with Crippen molar-refractivity contribution in [2.45, 2.75) is 17.9 Å². The van der Waals surface area contributed by atoms with Gasteiger partial charge in [0, 0.05) is 13.2 Å². The number of nitrogens with two attached hydrogens (primary N) is 1. The van der Waals surface area contributed by atoms with Crippen molar-refractivity contribution in [1.82, 2.24) is 35.1 Å². The number of nitrogens with one attached hydrogen (secondary N) is 2. The first-order chi connectivity index (χ1) is 8.40. The zero-order valence-corrected chi connectivity index (χ0v) is 10.5. The van der Waals surface area contributed by atoms with E-state index in [1.807, 2.05) is 0 Å². The molecule has 98 valence electrons. The van der Waals surface area contributed by atoms with Crippen molar-refractivity contribution in [2.24, 2.45) is 7.05 Å². The molecule has 0 saturated heterocycles. The van der Waals surface area contributed by atoms with Crippen molar-refractivity contribution in [2.75, 3.05) is 5.73 Å². The summed E-state index contributed by atoms with van der Waals surface area (Å²) in [5.74, 6) is 0.173. The third-order valence-corrected chi connectivity index (χ3v) is 3.75. The number of hydrogen-bond acceptors (Lipinski definition) is 7. The molecule has 2 rings (SSSR count). The quantitative estimate of drug-likeness (QED) is 0.617. The summed E-state index contributed by atoms with van der Waals surface area (Å²) in [5.41, 5.74) is 5.52. The summed E-state index contributed by atoms with van der Waals surface area (Å²) in [5, 5.41) is 16.8. The van der Waals surface area contributed by atoms with Crippen LogP contribution in [0.2, 0.25) is 0 Å². The fraction of sp³-hybridized carbons (Fsp3) is 0.429. The van der Waals surface area contributed by atoms with E-state index in [9.17, 15) is 8.42 Å². The maximum atomic E-state index is 12.0. The summed E-state index contributed by atoms with van der Waals surface area (Å²) < 4.78 is 27.8. The molecular formula is C7H12N8O2S. The van der Waals surface area contributed by atoms with E-state index in [1.54, 1.807) is 14.0 Å². The van der Waals surface area contributed by atoms with Gasteiger partial charge < -0.3 is 5.73 Å². The second kappa shape index (κ2) is 4.34. The number of aromatic amines is 1. The Balaban J connectivity index is 2.25. The van der Waals surface area contributed by atoms with Crippen LogP contribution in [0.5, 0.6) is 0 Å². The van der Waals surface area contributed by atoms with E-state index in [-0.39, 0.29) is 16.5 Å². The van der Waals surface area contributed by atoms with Gasteiger partial charge in [0.05, 0.1) is 6.04 Å². The zero-order chi connectivity index (χ0) is 13.3. The highest BCUT2D eigenvalue weighted by molar-refractivity contribution is 7.89. The van der Waals surface area contributed by atoms with Gasteiger partial charge in [0.15, 0.2) is 11.6 Å². The van der Waals surface area contributed by atoms with Crippen LogP contribution in [-0.2, 0) is 17.1 Å². The number of hydrogen-bond donors (Lipinski definition) is 3. The number of aryl methyl sites for hydroxylation is 1. The van der Waals surface area contributed by atoms with Crippen molar-refractivity contribution in [3.8, 4) is 0 Å². The number of H-pyrrole nitrogens is 1. The highest BCUT2D eigenvalue weighted by atomic mass is 32.2. The average molecular weight is 272 g/mol. The number of aromatic nitrogens is 6. The largest absolute Gasteiger partial charge is 0.381 e. The fourth-order valence-corrected chi connectivity index (χ4v) is 2.70. The summed E-state index contributed by atoms with van der Waals surface area (Å²) in [4.78, 5) is -0.0830. The molecule has 11 heteroatoms. The van der Waals surface area contributed by atoms with Crippen LogP contribution in [0.3, 0.4) is 0 Å². The third kappa shape index (κ3) is 2.31. The predicted molar refractivity (Wildman–Crippen MR) is 60.5 cm³/mol. The van der Waals surface area contributed by atoms with Crippen LogP contribution in [0.1, 0.15) is 18.8 Å². The zero-order valence-electron chi connectivity index (χ0n) is 9.69. The molecule has 1 unspecified atom stereocenters. The minimum atomic E-state index is -3.78. The summed E-state index contributed by atoms with van der Waals surface area (Å²) >= 11 is 0. The SMILES string of the molecule is CC(NS(=O)(=O)c1cn(C)nc1N)c1nn[nH]n1. The van der Waals surface area contributed by atoms with Crippen molar-refractivity contribution in [1.29, 1.82) is 0 Å². The molecule has 0 radical (unpaired) electrons. The molecular weight excluding hydrogens is 260 g/mol. The van der Waals surface area contributed by atoms with E-state index in [2.05, 4.69) is 30.4 Å². The molecule has 1 atom stereocenters. The monoisotopic (exact) mass is 272 g/mol. The number of tetrazole rings is 1. The van der Waals surface area contributed by atoms with Crippen LogP contribution in [-0.4, -0.2) is 38.8 Å². The van der Waals surface area contributed by atoms with Gasteiger partial charge in [-0.1, -0.05) is 5.21 Å². The van der Waals surface area contributed by atoms with Gasteiger partial charge in [-0.05, 0) is 6.92 Å². The Hall–Kier alpha value is -2.01. The summed E-state index contributed by atoms with van der Waals surface area (Å²) in [7, 11) is -2.19. The predicted octanol–water partition coefficient (Wildman–Crippen LogP) is -1.45. The second-order valence-corrected chi connectivity index (χ2v) is 5.35. The molecule has 0 saturated carbocycles. The number of nitrogen functional groups attached to an aromatic ring is 1. The Bertz CT molecular complexity index is 630. The standard InChI is InChI=1S/C7H12N8O2S/c1-4(7-9-13-14-10-7)12-18(16,17)5-3-15(2)11-6(5)8/h3-4,12H,1-2H3,(H2,8,11)(H,9,10,13,14). The summed E-state index contributed by atoms with van der Waals surface area (Å²) in [6.45, 7) is 1.59. The molecule has 2 aromatic heterocycles. The maximum Gasteiger partial charge on any atom is 0.246 e. The van der Waals surface area contributed by atoms with E-state index < -0.39 is 16.1 Å². The van der Waals surface area contributed by atoms with E-state index in [0.717, 1.165) is 0 Å². The van der Waals surface area contributed by atoms with Gasteiger partial charge in [-0.3, -0.25) is 4.68 Å². The number of anilines is 1. The van der Waals surface area contributed by atoms with Crippen LogP contribution in [0.25, 0.3) is 0 Å². The highest BCUT2D eigenvalue weighted by Crippen LogP contribution is 2.18. The van der Waals surface area contributed by atoms with Gasteiger partial charge in [0.1, 0.15) is 4.90 Å². The molecule has 4 N–H and O–H groups in total. The lowest BCUT2D eigenvalue weighted by atomic mass is 10.4. The smallest absolute Gasteiger partial charge is 0.246 e. The van der Waals surface area contributed by atoms with E-state index in [0.29, 0.717) is 0 Å². The molecule has 0 aliphatic rings. The minimum Gasteiger partial charge on any atom is -0.381 e.